The van der Waals surface area contributed by atoms with Gasteiger partial charge in [0.15, 0.2) is 0 Å². The number of hydrogen-bond donors (Lipinski definition) is 1. The first kappa shape index (κ1) is 14.0. The van der Waals surface area contributed by atoms with Crippen LogP contribution in [0.15, 0.2) is 30.3 Å². The second-order valence-corrected chi connectivity index (χ2v) is 5.23. The average Bonchev–Trinajstić information content (AvgIpc) is 2.37. The fourth-order valence-electron chi connectivity index (χ4n) is 1.88. The van der Waals surface area contributed by atoms with Gasteiger partial charge in [-0.05, 0) is 37.6 Å². The predicted octanol–water partition coefficient (Wildman–Crippen LogP) is 4.77. The minimum atomic E-state index is 0.323. The molecule has 0 radical (unpaired) electrons. The molecule has 2 aromatic carbocycles. The molecule has 0 aliphatic rings. The smallest absolute Gasteiger partial charge is 0.127 e. The molecular weight excluding hydrogens is 281 g/mol. The van der Waals surface area contributed by atoms with Crippen LogP contribution in [0.4, 0.5) is 5.69 Å². The van der Waals surface area contributed by atoms with Gasteiger partial charge in [0.25, 0.3) is 0 Å². The zero-order chi connectivity index (χ0) is 14.0. The summed E-state index contributed by atoms with van der Waals surface area (Å²) in [5.41, 5.74) is 9.35. The second kappa shape index (κ2) is 5.72. The molecule has 0 saturated carbocycles. The van der Waals surface area contributed by atoms with E-state index in [-0.39, 0.29) is 0 Å². The zero-order valence-corrected chi connectivity index (χ0v) is 12.3. The van der Waals surface area contributed by atoms with Crippen LogP contribution in [-0.2, 0) is 6.61 Å². The summed E-state index contributed by atoms with van der Waals surface area (Å²) in [6.45, 7) is 4.24. The number of ether oxygens (including phenoxy) is 1. The van der Waals surface area contributed by atoms with Gasteiger partial charge in [-0.3, -0.25) is 0 Å². The highest BCUT2D eigenvalue weighted by atomic mass is 35.5. The van der Waals surface area contributed by atoms with Crippen LogP contribution >= 0.6 is 23.2 Å². The lowest BCUT2D eigenvalue weighted by Crippen LogP contribution is -2.02. The van der Waals surface area contributed by atoms with Gasteiger partial charge in [0.1, 0.15) is 12.4 Å². The number of hydrogen-bond acceptors (Lipinski definition) is 2. The van der Waals surface area contributed by atoms with E-state index in [1.165, 1.54) is 0 Å². The van der Waals surface area contributed by atoms with E-state index in [1.54, 1.807) is 12.1 Å². The van der Waals surface area contributed by atoms with E-state index in [2.05, 4.69) is 0 Å². The number of anilines is 1. The molecule has 2 nitrogen and oxygen atoms in total. The van der Waals surface area contributed by atoms with Crippen molar-refractivity contribution in [3.63, 3.8) is 0 Å². The summed E-state index contributed by atoms with van der Waals surface area (Å²) in [4.78, 5) is 0. The van der Waals surface area contributed by atoms with Gasteiger partial charge in [-0.1, -0.05) is 35.3 Å². The van der Waals surface area contributed by atoms with E-state index in [4.69, 9.17) is 33.7 Å². The van der Waals surface area contributed by atoms with Crippen LogP contribution < -0.4 is 10.5 Å². The lowest BCUT2D eigenvalue weighted by Gasteiger charge is -2.15. The highest BCUT2D eigenvalue weighted by Gasteiger charge is 2.10. The number of aryl methyl sites for hydroxylation is 1. The molecule has 2 N–H and O–H groups in total. The number of halogens is 2. The molecule has 0 atom stereocenters. The van der Waals surface area contributed by atoms with E-state index in [9.17, 15) is 0 Å². The number of nitrogen functional groups attached to an aromatic ring is 1. The van der Waals surface area contributed by atoms with Crippen LogP contribution in [0.5, 0.6) is 5.75 Å². The molecule has 4 heteroatoms. The summed E-state index contributed by atoms with van der Waals surface area (Å²) in [6.07, 6.45) is 0. The number of benzene rings is 2. The van der Waals surface area contributed by atoms with Crippen molar-refractivity contribution in [1.82, 2.24) is 0 Å². The van der Waals surface area contributed by atoms with E-state index >= 15 is 0 Å². The molecule has 2 aromatic rings. The first-order valence-corrected chi connectivity index (χ1v) is 6.67. The molecule has 0 amide bonds. The van der Waals surface area contributed by atoms with Gasteiger partial charge in [-0.25, -0.2) is 0 Å². The molecule has 0 unspecified atom stereocenters. The maximum absolute atomic E-state index is 6.12. The van der Waals surface area contributed by atoms with Gasteiger partial charge in [-0.2, -0.15) is 0 Å². The minimum absolute atomic E-state index is 0.323. The summed E-state index contributed by atoms with van der Waals surface area (Å²) in [5.74, 6) is 0.788. The van der Waals surface area contributed by atoms with Gasteiger partial charge in [0.2, 0.25) is 0 Å². The van der Waals surface area contributed by atoms with Gasteiger partial charge >= 0.3 is 0 Å². The molecule has 0 aliphatic carbocycles. The Kier molecular flexibility index (Phi) is 4.23. The highest BCUT2D eigenvalue weighted by Crippen LogP contribution is 2.30. The molecule has 0 aliphatic heterocycles. The molecule has 0 bridgehead atoms. The largest absolute Gasteiger partial charge is 0.488 e. The lowest BCUT2D eigenvalue weighted by atomic mass is 10.1. The third-order valence-electron chi connectivity index (χ3n) is 3.07. The number of nitrogens with two attached hydrogens (primary N) is 1. The Morgan fingerprint density at radius 1 is 1.05 bits per heavy atom. The Balaban J connectivity index is 2.27. The standard InChI is InChI=1S/C15H15Cl2NO/c1-9-6-7-14(18)10(2)15(9)19-8-11-12(16)4-3-5-13(11)17/h3-7H,8,18H2,1-2H3. The topological polar surface area (TPSA) is 35.2 Å². The molecule has 0 fully saturated rings. The summed E-state index contributed by atoms with van der Waals surface area (Å²) >= 11 is 12.2. The van der Waals surface area contributed by atoms with E-state index in [1.807, 2.05) is 32.0 Å². The van der Waals surface area contributed by atoms with Crippen LogP contribution in [0.2, 0.25) is 10.0 Å². The maximum atomic E-state index is 6.12. The van der Waals surface area contributed by atoms with Crippen LogP contribution in [0, 0.1) is 13.8 Å². The summed E-state index contributed by atoms with van der Waals surface area (Å²) in [6, 6.07) is 9.22. The van der Waals surface area contributed by atoms with Gasteiger partial charge in [-0.15, -0.1) is 0 Å². The van der Waals surface area contributed by atoms with Crippen molar-refractivity contribution in [2.45, 2.75) is 20.5 Å². The van der Waals surface area contributed by atoms with Gasteiger partial charge in [0, 0.05) is 26.9 Å². The van der Waals surface area contributed by atoms with E-state index in [0.717, 1.165) is 22.4 Å². The fourth-order valence-corrected chi connectivity index (χ4v) is 2.39. The van der Waals surface area contributed by atoms with Crippen molar-refractivity contribution in [2.24, 2.45) is 0 Å². The Morgan fingerprint density at radius 3 is 2.32 bits per heavy atom. The average molecular weight is 296 g/mol. The first-order chi connectivity index (χ1) is 9.00. The minimum Gasteiger partial charge on any atom is -0.488 e. The van der Waals surface area contributed by atoms with Crippen molar-refractivity contribution in [1.29, 1.82) is 0 Å². The SMILES string of the molecule is Cc1ccc(N)c(C)c1OCc1c(Cl)cccc1Cl. The highest BCUT2D eigenvalue weighted by molar-refractivity contribution is 6.35. The molecular formula is C15H15Cl2NO. The van der Waals surface area contributed by atoms with E-state index in [0.29, 0.717) is 22.3 Å². The molecule has 2 rings (SSSR count). The maximum Gasteiger partial charge on any atom is 0.127 e. The monoisotopic (exact) mass is 295 g/mol. The van der Waals surface area contributed by atoms with Crippen LogP contribution in [-0.4, -0.2) is 0 Å². The second-order valence-electron chi connectivity index (χ2n) is 4.41. The molecule has 0 heterocycles. The van der Waals surface area contributed by atoms with Crippen LogP contribution in [0.25, 0.3) is 0 Å². The Labute approximate surface area is 123 Å². The summed E-state index contributed by atoms with van der Waals surface area (Å²) in [5, 5.41) is 1.21. The molecule has 100 valence electrons. The van der Waals surface area contributed by atoms with Crippen molar-refractivity contribution < 1.29 is 4.74 Å². The Bertz CT molecular complexity index is 591. The quantitative estimate of drug-likeness (QED) is 0.828. The van der Waals surface area contributed by atoms with Crippen LogP contribution in [0.3, 0.4) is 0 Å². The Morgan fingerprint density at radius 2 is 1.68 bits per heavy atom. The van der Waals surface area contributed by atoms with Gasteiger partial charge in [0.05, 0.1) is 0 Å². The predicted molar refractivity (Wildman–Crippen MR) is 81.1 cm³/mol. The molecule has 0 spiro atoms. The Hall–Kier alpha value is -1.38. The third kappa shape index (κ3) is 2.96. The van der Waals surface area contributed by atoms with Crippen molar-refractivity contribution >= 4 is 28.9 Å². The fraction of sp³-hybridized carbons (Fsp3) is 0.200. The lowest BCUT2D eigenvalue weighted by molar-refractivity contribution is 0.302. The summed E-state index contributed by atoms with van der Waals surface area (Å²) < 4.78 is 5.85. The first-order valence-electron chi connectivity index (χ1n) is 5.92. The van der Waals surface area contributed by atoms with Crippen molar-refractivity contribution in [2.75, 3.05) is 5.73 Å². The van der Waals surface area contributed by atoms with Gasteiger partial charge < -0.3 is 10.5 Å². The zero-order valence-electron chi connectivity index (χ0n) is 10.8. The number of rotatable bonds is 3. The van der Waals surface area contributed by atoms with E-state index < -0.39 is 0 Å². The normalized spacial score (nSPS) is 10.5. The summed E-state index contributed by atoms with van der Waals surface area (Å²) in [7, 11) is 0. The molecule has 0 saturated heterocycles. The van der Waals surface area contributed by atoms with Crippen LogP contribution in [0.1, 0.15) is 16.7 Å². The molecule has 0 aromatic heterocycles. The van der Waals surface area contributed by atoms with Crippen molar-refractivity contribution in [3.05, 3.63) is 57.1 Å². The van der Waals surface area contributed by atoms with Crippen molar-refractivity contribution in [3.8, 4) is 5.75 Å². The third-order valence-corrected chi connectivity index (χ3v) is 3.78. The molecule has 19 heavy (non-hydrogen) atoms.